The van der Waals surface area contributed by atoms with Crippen LogP contribution in [0.25, 0.3) is 0 Å². The van der Waals surface area contributed by atoms with Crippen molar-refractivity contribution >= 4 is 0 Å². The molecule has 0 aromatic carbocycles. The Labute approximate surface area is 101 Å². The summed E-state index contributed by atoms with van der Waals surface area (Å²) in [7, 11) is 0. The molecule has 0 amide bonds. The summed E-state index contributed by atoms with van der Waals surface area (Å²) in [6.07, 6.45) is 12.9. The Balaban J connectivity index is 1.46. The summed E-state index contributed by atoms with van der Waals surface area (Å²) in [6.45, 7) is 5.30. The van der Waals surface area contributed by atoms with Gasteiger partial charge in [0.1, 0.15) is 0 Å². The standard InChI is InChI=1S/C14H28N2/c1-2-5-11-16(12-6-3-1)13-7-4-10-15-14-8-9-14/h14-15H,1-13H2. The molecule has 0 bridgehead atoms. The summed E-state index contributed by atoms with van der Waals surface area (Å²) in [4.78, 5) is 2.69. The number of nitrogens with one attached hydrogen (secondary N) is 1. The van der Waals surface area contributed by atoms with Gasteiger partial charge >= 0.3 is 0 Å². The van der Waals surface area contributed by atoms with Gasteiger partial charge in [0.2, 0.25) is 0 Å². The second-order valence-corrected chi connectivity index (χ2v) is 5.54. The van der Waals surface area contributed by atoms with E-state index >= 15 is 0 Å². The van der Waals surface area contributed by atoms with Crippen molar-refractivity contribution in [2.45, 2.75) is 63.8 Å². The van der Waals surface area contributed by atoms with Gasteiger partial charge in [-0.2, -0.15) is 0 Å². The molecule has 0 atom stereocenters. The molecule has 1 aliphatic carbocycles. The molecule has 2 heteroatoms. The monoisotopic (exact) mass is 224 g/mol. The fourth-order valence-electron chi connectivity index (χ4n) is 2.59. The van der Waals surface area contributed by atoms with E-state index in [-0.39, 0.29) is 0 Å². The highest BCUT2D eigenvalue weighted by Gasteiger charge is 2.19. The lowest BCUT2D eigenvalue weighted by molar-refractivity contribution is 0.243. The Morgan fingerprint density at radius 2 is 1.56 bits per heavy atom. The third-order valence-corrected chi connectivity index (χ3v) is 3.86. The predicted molar refractivity (Wildman–Crippen MR) is 69.8 cm³/mol. The minimum atomic E-state index is 0.890. The zero-order chi connectivity index (χ0) is 11.1. The van der Waals surface area contributed by atoms with Crippen molar-refractivity contribution in [1.82, 2.24) is 10.2 Å². The topological polar surface area (TPSA) is 15.3 Å². The van der Waals surface area contributed by atoms with Gasteiger partial charge < -0.3 is 10.2 Å². The fraction of sp³-hybridized carbons (Fsp3) is 1.00. The summed E-state index contributed by atoms with van der Waals surface area (Å²) in [5, 5.41) is 3.60. The molecule has 0 spiro atoms. The number of hydrogen-bond acceptors (Lipinski definition) is 2. The lowest BCUT2D eigenvalue weighted by Crippen LogP contribution is -2.29. The molecule has 94 valence electrons. The largest absolute Gasteiger partial charge is 0.314 e. The SMILES string of the molecule is C1CCCN(CCCCNC2CC2)CCC1. The van der Waals surface area contributed by atoms with E-state index in [1.165, 1.54) is 84.0 Å². The molecule has 0 aromatic rings. The van der Waals surface area contributed by atoms with Crippen LogP contribution < -0.4 is 5.32 Å². The first-order chi connectivity index (χ1) is 7.95. The first kappa shape index (κ1) is 12.4. The van der Waals surface area contributed by atoms with Gasteiger partial charge in [0.05, 0.1) is 0 Å². The minimum Gasteiger partial charge on any atom is -0.314 e. The van der Waals surface area contributed by atoms with Gasteiger partial charge in [-0.05, 0) is 64.7 Å². The lowest BCUT2D eigenvalue weighted by Gasteiger charge is -2.24. The fourth-order valence-corrected chi connectivity index (χ4v) is 2.59. The number of unbranched alkanes of at least 4 members (excludes halogenated alkanes) is 1. The average Bonchev–Trinajstić information content (AvgIpc) is 3.04. The summed E-state index contributed by atoms with van der Waals surface area (Å²) < 4.78 is 0. The van der Waals surface area contributed by atoms with E-state index in [0.717, 1.165) is 6.04 Å². The number of hydrogen-bond donors (Lipinski definition) is 1. The van der Waals surface area contributed by atoms with Gasteiger partial charge in [0.25, 0.3) is 0 Å². The van der Waals surface area contributed by atoms with E-state index in [1.807, 2.05) is 0 Å². The zero-order valence-corrected chi connectivity index (χ0v) is 10.7. The maximum atomic E-state index is 3.60. The molecule has 2 aliphatic rings. The lowest BCUT2D eigenvalue weighted by atomic mass is 10.1. The minimum absolute atomic E-state index is 0.890. The highest BCUT2D eigenvalue weighted by Crippen LogP contribution is 2.18. The number of likely N-dealkylation sites (tertiary alicyclic amines) is 1. The van der Waals surface area contributed by atoms with Crippen LogP contribution in [0.1, 0.15) is 57.8 Å². The Morgan fingerprint density at radius 3 is 2.25 bits per heavy atom. The highest BCUT2D eigenvalue weighted by atomic mass is 15.1. The van der Waals surface area contributed by atoms with Crippen molar-refractivity contribution in [2.75, 3.05) is 26.2 Å². The van der Waals surface area contributed by atoms with E-state index in [2.05, 4.69) is 10.2 Å². The van der Waals surface area contributed by atoms with Gasteiger partial charge in [0, 0.05) is 6.04 Å². The van der Waals surface area contributed by atoms with Crippen LogP contribution in [0, 0.1) is 0 Å². The molecule has 1 N–H and O–H groups in total. The number of nitrogens with zero attached hydrogens (tertiary/aromatic N) is 1. The van der Waals surface area contributed by atoms with Crippen LogP contribution in [0.15, 0.2) is 0 Å². The maximum absolute atomic E-state index is 3.60. The van der Waals surface area contributed by atoms with Crippen LogP contribution in [-0.4, -0.2) is 37.1 Å². The Hall–Kier alpha value is -0.0800. The van der Waals surface area contributed by atoms with Gasteiger partial charge in [-0.15, -0.1) is 0 Å². The molecule has 1 saturated heterocycles. The van der Waals surface area contributed by atoms with Crippen LogP contribution in [-0.2, 0) is 0 Å². The van der Waals surface area contributed by atoms with Crippen molar-refractivity contribution < 1.29 is 0 Å². The molecule has 0 aromatic heterocycles. The van der Waals surface area contributed by atoms with Crippen LogP contribution in [0.2, 0.25) is 0 Å². The second kappa shape index (κ2) is 7.29. The molecule has 2 fully saturated rings. The molecule has 1 saturated carbocycles. The number of rotatable bonds is 6. The molecular weight excluding hydrogens is 196 g/mol. The Morgan fingerprint density at radius 1 is 0.875 bits per heavy atom. The van der Waals surface area contributed by atoms with Crippen molar-refractivity contribution in [3.8, 4) is 0 Å². The summed E-state index contributed by atoms with van der Waals surface area (Å²) >= 11 is 0. The highest BCUT2D eigenvalue weighted by molar-refractivity contribution is 4.80. The Kier molecular flexibility index (Phi) is 5.64. The quantitative estimate of drug-likeness (QED) is 0.698. The van der Waals surface area contributed by atoms with Crippen LogP contribution in [0.3, 0.4) is 0 Å². The zero-order valence-electron chi connectivity index (χ0n) is 10.7. The van der Waals surface area contributed by atoms with Gasteiger partial charge in [-0.25, -0.2) is 0 Å². The smallest absolute Gasteiger partial charge is 0.00682 e. The van der Waals surface area contributed by atoms with Crippen molar-refractivity contribution in [1.29, 1.82) is 0 Å². The molecule has 1 heterocycles. The van der Waals surface area contributed by atoms with Crippen molar-refractivity contribution in [2.24, 2.45) is 0 Å². The van der Waals surface area contributed by atoms with Crippen LogP contribution in [0.5, 0.6) is 0 Å². The predicted octanol–water partition coefficient (Wildman–Crippen LogP) is 2.78. The first-order valence-electron chi connectivity index (χ1n) is 7.41. The third-order valence-electron chi connectivity index (χ3n) is 3.86. The normalized spacial score (nSPS) is 24.0. The van der Waals surface area contributed by atoms with Gasteiger partial charge in [-0.1, -0.05) is 19.3 Å². The third kappa shape index (κ3) is 5.31. The van der Waals surface area contributed by atoms with Gasteiger partial charge in [0.15, 0.2) is 0 Å². The summed E-state index contributed by atoms with van der Waals surface area (Å²) in [5.74, 6) is 0. The molecule has 0 radical (unpaired) electrons. The van der Waals surface area contributed by atoms with Crippen LogP contribution in [0.4, 0.5) is 0 Å². The first-order valence-corrected chi connectivity index (χ1v) is 7.41. The summed E-state index contributed by atoms with van der Waals surface area (Å²) in [6, 6.07) is 0.890. The van der Waals surface area contributed by atoms with E-state index in [9.17, 15) is 0 Å². The average molecular weight is 224 g/mol. The molecule has 1 aliphatic heterocycles. The van der Waals surface area contributed by atoms with Gasteiger partial charge in [-0.3, -0.25) is 0 Å². The van der Waals surface area contributed by atoms with Crippen molar-refractivity contribution in [3.63, 3.8) is 0 Å². The maximum Gasteiger partial charge on any atom is 0.00682 e. The second-order valence-electron chi connectivity index (χ2n) is 5.54. The van der Waals surface area contributed by atoms with E-state index < -0.39 is 0 Å². The van der Waals surface area contributed by atoms with E-state index in [0.29, 0.717) is 0 Å². The van der Waals surface area contributed by atoms with E-state index in [4.69, 9.17) is 0 Å². The molecular formula is C14H28N2. The van der Waals surface area contributed by atoms with Crippen LogP contribution >= 0.6 is 0 Å². The molecule has 2 nitrogen and oxygen atoms in total. The molecule has 2 rings (SSSR count). The molecule has 16 heavy (non-hydrogen) atoms. The van der Waals surface area contributed by atoms with E-state index in [1.54, 1.807) is 0 Å². The summed E-state index contributed by atoms with van der Waals surface area (Å²) in [5.41, 5.74) is 0. The molecule has 0 unspecified atom stereocenters. The van der Waals surface area contributed by atoms with Crippen molar-refractivity contribution in [3.05, 3.63) is 0 Å². The Bertz CT molecular complexity index is 170.